The molecule has 1 aliphatic rings. The Morgan fingerprint density at radius 1 is 1.29 bits per heavy atom. The van der Waals surface area contributed by atoms with E-state index >= 15 is 0 Å². The van der Waals surface area contributed by atoms with E-state index in [1.807, 2.05) is 0 Å². The number of carbonyl (C=O) groups is 2. The average molecular weight is 347 g/mol. The van der Waals surface area contributed by atoms with Crippen LogP contribution in [0.5, 0.6) is 0 Å². The number of rotatable bonds is 3. The molecule has 1 fully saturated rings. The normalized spacial score (nSPS) is 17.2. The third kappa shape index (κ3) is 3.26. The zero-order valence-electron chi connectivity index (χ0n) is 13.1. The van der Waals surface area contributed by atoms with Crippen LogP contribution in [0.2, 0.25) is 5.02 Å². The van der Waals surface area contributed by atoms with E-state index in [9.17, 15) is 14.0 Å². The molecule has 0 bridgehead atoms. The third-order valence-corrected chi connectivity index (χ3v) is 4.42. The molecule has 2 amide bonds. The van der Waals surface area contributed by atoms with Gasteiger partial charge >= 0.3 is 0 Å². The summed E-state index contributed by atoms with van der Waals surface area (Å²) >= 11 is 6.13. The quantitative estimate of drug-likeness (QED) is 0.919. The molecule has 1 N–H and O–H groups in total. The highest BCUT2D eigenvalue weighted by molar-refractivity contribution is 6.33. The monoisotopic (exact) mass is 346 g/mol. The van der Waals surface area contributed by atoms with E-state index in [0.29, 0.717) is 16.4 Å². The summed E-state index contributed by atoms with van der Waals surface area (Å²) in [6.07, 6.45) is 0.103. The fraction of sp³-hybridized carbons (Fsp3) is 0.222. The standard InChI is InChI=1S/C18H16ClFN2O2/c1-11-6-7-13(20)9-15(11)21-18(24)12-8-17(23)22(10-12)16-5-3-2-4-14(16)19/h2-7,9,12H,8,10H2,1H3,(H,21,24)/t12-/m1/s1. The minimum atomic E-state index is -0.503. The van der Waals surface area contributed by atoms with Crippen LogP contribution in [0.4, 0.5) is 15.8 Å². The van der Waals surface area contributed by atoms with Crippen molar-refractivity contribution < 1.29 is 14.0 Å². The predicted octanol–water partition coefficient (Wildman–Crippen LogP) is 3.78. The lowest BCUT2D eigenvalue weighted by Gasteiger charge is -2.18. The summed E-state index contributed by atoms with van der Waals surface area (Å²) < 4.78 is 13.3. The smallest absolute Gasteiger partial charge is 0.229 e. The molecule has 24 heavy (non-hydrogen) atoms. The van der Waals surface area contributed by atoms with Crippen molar-refractivity contribution in [2.45, 2.75) is 13.3 Å². The molecule has 0 aliphatic carbocycles. The first-order valence-electron chi connectivity index (χ1n) is 7.57. The summed E-state index contributed by atoms with van der Waals surface area (Å²) in [5.41, 5.74) is 1.78. The summed E-state index contributed by atoms with van der Waals surface area (Å²) in [4.78, 5) is 26.2. The molecule has 1 heterocycles. The number of benzene rings is 2. The molecule has 0 saturated carbocycles. The van der Waals surface area contributed by atoms with E-state index in [0.717, 1.165) is 5.56 Å². The third-order valence-electron chi connectivity index (χ3n) is 4.10. The van der Waals surface area contributed by atoms with Crippen molar-refractivity contribution in [2.75, 3.05) is 16.8 Å². The number of aryl methyl sites for hydroxylation is 1. The molecule has 124 valence electrons. The van der Waals surface area contributed by atoms with Gasteiger partial charge < -0.3 is 10.2 Å². The van der Waals surface area contributed by atoms with Gasteiger partial charge in [-0.3, -0.25) is 9.59 Å². The average Bonchev–Trinajstić information content (AvgIpc) is 2.93. The first-order chi connectivity index (χ1) is 11.5. The zero-order valence-corrected chi connectivity index (χ0v) is 13.8. The van der Waals surface area contributed by atoms with Crippen LogP contribution >= 0.6 is 11.6 Å². The molecule has 1 atom stereocenters. The molecule has 4 nitrogen and oxygen atoms in total. The molecular formula is C18H16ClFN2O2. The number of hydrogen-bond acceptors (Lipinski definition) is 2. The van der Waals surface area contributed by atoms with Gasteiger partial charge in [-0.15, -0.1) is 0 Å². The van der Waals surface area contributed by atoms with Gasteiger partial charge in [0.2, 0.25) is 11.8 Å². The molecule has 0 spiro atoms. The van der Waals surface area contributed by atoms with Crippen LogP contribution in [0.25, 0.3) is 0 Å². The number of nitrogens with zero attached hydrogens (tertiary/aromatic N) is 1. The van der Waals surface area contributed by atoms with Crippen molar-refractivity contribution in [3.8, 4) is 0 Å². The van der Waals surface area contributed by atoms with Gasteiger partial charge in [0.15, 0.2) is 0 Å². The van der Waals surface area contributed by atoms with Gasteiger partial charge in [-0.2, -0.15) is 0 Å². The van der Waals surface area contributed by atoms with Crippen molar-refractivity contribution in [3.63, 3.8) is 0 Å². The Bertz CT molecular complexity index is 809. The Balaban J connectivity index is 1.75. The van der Waals surface area contributed by atoms with Gasteiger partial charge in [-0.05, 0) is 36.8 Å². The maximum Gasteiger partial charge on any atom is 0.229 e. The van der Waals surface area contributed by atoms with Crippen LogP contribution < -0.4 is 10.2 Å². The molecule has 0 aromatic heterocycles. The second-order valence-electron chi connectivity index (χ2n) is 5.81. The van der Waals surface area contributed by atoms with Gasteiger partial charge in [-0.1, -0.05) is 29.8 Å². The van der Waals surface area contributed by atoms with Crippen LogP contribution in [0, 0.1) is 18.7 Å². The van der Waals surface area contributed by atoms with Crippen LogP contribution in [0.15, 0.2) is 42.5 Å². The van der Waals surface area contributed by atoms with E-state index in [2.05, 4.69) is 5.32 Å². The fourth-order valence-electron chi connectivity index (χ4n) is 2.75. The number of carbonyl (C=O) groups excluding carboxylic acids is 2. The van der Waals surface area contributed by atoms with Crippen LogP contribution in [-0.4, -0.2) is 18.4 Å². The minimum Gasteiger partial charge on any atom is -0.325 e. The molecule has 6 heteroatoms. The molecule has 2 aromatic rings. The summed E-state index contributed by atoms with van der Waals surface area (Å²) in [5, 5.41) is 3.17. The number of nitrogens with one attached hydrogen (secondary N) is 1. The summed E-state index contributed by atoms with van der Waals surface area (Å²) in [7, 11) is 0. The van der Waals surface area contributed by atoms with E-state index in [-0.39, 0.29) is 24.8 Å². The lowest BCUT2D eigenvalue weighted by atomic mass is 10.1. The van der Waals surface area contributed by atoms with Gasteiger partial charge in [0.05, 0.1) is 16.6 Å². The lowest BCUT2D eigenvalue weighted by molar-refractivity contribution is -0.122. The number of hydrogen-bond donors (Lipinski definition) is 1. The van der Waals surface area contributed by atoms with Crippen LogP contribution in [0.3, 0.4) is 0 Å². The van der Waals surface area contributed by atoms with Crippen molar-refractivity contribution >= 4 is 34.8 Å². The van der Waals surface area contributed by atoms with Crippen molar-refractivity contribution in [1.82, 2.24) is 0 Å². The SMILES string of the molecule is Cc1ccc(F)cc1NC(=O)[C@@H]1CC(=O)N(c2ccccc2Cl)C1. The van der Waals surface area contributed by atoms with Gasteiger partial charge in [0.25, 0.3) is 0 Å². The van der Waals surface area contributed by atoms with Gasteiger partial charge in [0, 0.05) is 18.7 Å². The molecule has 0 radical (unpaired) electrons. The molecule has 3 rings (SSSR count). The molecule has 2 aromatic carbocycles. The Kier molecular flexibility index (Phi) is 4.53. The van der Waals surface area contributed by atoms with E-state index < -0.39 is 11.7 Å². The zero-order chi connectivity index (χ0) is 17.3. The maximum atomic E-state index is 13.3. The highest BCUT2D eigenvalue weighted by atomic mass is 35.5. The minimum absolute atomic E-state index is 0.103. The largest absolute Gasteiger partial charge is 0.325 e. The predicted molar refractivity (Wildman–Crippen MR) is 91.7 cm³/mol. The topological polar surface area (TPSA) is 49.4 Å². The van der Waals surface area contributed by atoms with E-state index in [1.165, 1.54) is 17.0 Å². The first-order valence-corrected chi connectivity index (χ1v) is 7.95. The summed E-state index contributed by atoms with van der Waals surface area (Å²) in [6.45, 7) is 2.04. The number of anilines is 2. The first kappa shape index (κ1) is 16.5. The number of para-hydroxylation sites is 1. The molecule has 1 aliphatic heterocycles. The highest BCUT2D eigenvalue weighted by Crippen LogP contribution is 2.31. The Morgan fingerprint density at radius 3 is 2.79 bits per heavy atom. The molecule has 0 unspecified atom stereocenters. The number of amides is 2. The van der Waals surface area contributed by atoms with Crippen molar-refractivity contribution in [1.29, 1.82) is 0 Å². The maximum absolute atomic E-state index is 13.3. The van der Waals surface area contributed by atoms with E-state index in [4.69, 9.17) is 11.6 Å². The lowest BCUT2D eigenvalue weighted by Crippen LogP contribution is -2.28. The second-order valence-corrected chi connectivity index (χ2v) is 6.21. The number of halogens is 2. The van der Waals surface area contributed by atoms with Crippen LogP contribution in [-0.2, 0) is 9.59 Å². The van der Waals surface area contributed by atoms with Crippen molar-refractivity contribution in [2.24, 2.45) is 5.92 Å². The summed E-state index contributed by atoms with van der Waals surface area (Å²) in [5.74, 6) is -1.38. The van der Waals surface area contributed by atoms with Gasteiger partial charge in [-0.25, -0.2) is 4.39 Å². The Labute approximate surface area is 144 Å². The van der Waals surface area contributed by atoms with Crippen LogP contribution in [0.1, 0.15) is 12.0 Å². The second kappa shape index (κ2) is 6.61. The van der Waals surface area contributed by atoms with Crippen molar-refractivity contribution in [3.05, 3.63) is 58.9 Å². The van der Waals surface area contributed by atoms with E-state index in [1.54, 1.807) is 37.3 Å². The molecular weight excluding hydrogens is 331 g/mol. The molecule has 1 saturated heterocycles. The fourth-order valence-corrected chi connectivity index (χ4v) is 2.99. The Hall–Kier alpha value is -2.40. The summed E-state index contributed by atoms with van der Waals surface area (Å²) in [6, 6.07) is 11.2. The Morgan fingerprint density at radius 2 is 2.04 bits per heavy atom. The van der Waals surface area contributed by atoms with Gasteiger partial charge in [0.1, 0.15) is 5.82 Å². The highest BCUT2D eigenvalue weighted by Gasteiger charge is 2.36.